The highest BCUT2D eigenvalue weighted by Gasteiger charge is 2.39. The zero-order chi connectivity index (χ0) is 18.1. The van der Waals surface area contributed by atoms with Crippen LogP contribution in [0, 0.1) is 13.8 Å². The van der Waals surface area contributed by atoms with Crippen LogP contribution in [0.2, 0.25) is 0 Å². The minimum atomic E-state index is -0.0708. The number of rotatable bonds is 4. The van der Waals surface area contributed by atoms with Gasteiger partial charge in [-0.15, -0.1) is 0 Å². The average molecular weight is 360 g/mol. The molecule has 0 aromatic carbocycles. The fourth-order valence-corrected chi connectivity index (χ4v) is 3.68. The molecule has 140 valence electrons. The summed E-state index contributed by atoms with van der Waals surface area (Å²) in [6.07, 6.45) is 4.62. The standard InChI is InChI=1S/C18H24N4O4/c1-12-15(13(2)26-20-12)4-5-18(23)21-8-16-17(9-21)25-11-14(10-24-16)22-7-3-6-19-22/h3,6-7,14,16-17H,4-5,8-11H2,1-2H3/t16-,17-/m0/s1. The molecule has 4 heterocycles. The first-order chi connectivity index (χ1) is 12.6. The Hall–Kier alpha value is -2.19. The molecule has 4 rings (SSSR count). The van der Waals surface area contributed by atoms with Gasteiger partial charge in [0.25, 0.3) is 0 Å². The number of likely N-dealkylation sites (tertiary alicyclic amines) is 1. The van der Waals surface area contributed by atoms with Crippen LogP contribution >= 0.6 is 0 Å². The zero-order valence-electron chi connectivity index (χ0n) is 15.1. The zero-order valence-corrected chi connectivity index (χ0v) is 15.1. The highest BCUT2D eigenvalue weighted by Crippen LogP contribution is 2.24. The fraction of sp³-hybridized carbons (Fsp3) is 0.611. The number of aryl methyl sites for hydroxylation is 2. The van der Waals surface area contributed by atoms with Crippen LogP contribution in [0.4, 0.5) is 0 Å². The van der Waals surface area contributed by atoms with Crippen LogP contribution < -0.4 is 0 Å². The van der Waals surface area contributed by atoms with E-state index in [4.69, 9.17) is 14.0 Å². The lowest BCUT2D eigenvalue weighted by Crippen LogP contribution is -2.31. The molecule has 8 nitrogen and oxygen atoms in total. The van der Waals surface area contributed by atoms with Gasteiger partial charge in [0.1, 0.15) is 18.0 Å². The molecule has 2 aliphatic heterocycles. The summed E-state index contributed by atoms with van der Waals surface area (Å²) >= 11 is 0. The Morgan fingerprint density at radius 1 is 1.23 bits per heavy atom. The summed E-state index contributed by atoms with van der Waals surface area (Å²) in [6, 6.07) is 1.98. The average Bonchev–Trinajstić information content (AvgIpc) is 3.34. The van der Waals surface area contributed by atoms with Gasteiger partial charge < -0.3 is 18.9 Å². The molecule has 2 aromatic rings. The van der Waals surface area contributed by atoms with E-state index in [-0.39, 0.29) is 24.2 Å². The molecule has 26 heavy (non-hydrogen) atoms. The lowest BCUT2D eigenvalue weighted by molar-refractivity contribution is -0.131. The minimum Gasteiger partial charge on any atom is -0.371 e. The maximum Gasteiger partial charge on any atom is 0.223 e. The normalized spacial score (nSPS) is 23.8. The van der Waals surface area contributed by atoms with E-state index in [1.807, 2.05) is 35.7 Å². The largest absolute Gasteiger partial charge is 0.371 e. The van der Waals surface area contributed by atoms with Crippen molar-refractivity contribution in [3.05, 3.63) is 35.5 Å². The molecule has 0 aliphatic carbocycles. The predicted octanol–water partition coefficient (Wildman–Crippen LogP) is 1.29. The first-order valence-electron chi connectivity index (χ1n) is 9.03. The summed E-state index contributed by atoms with van der Waals surface area (Å²) in [5, 5.41) is 8.20. The minimum absolute atomic E-state index is 0.0708. The third-order valence-corrected chi connectivity index (χ3v) is 5.24. The molecule has 0 N–H and O–H groups in total. The Morgan fingerprint density at radius 3 is 2.54 bits per heavy atom. The van der Waals surface area contributed by atoms with E-state index in [1.165, 1.54) is 0 Å². The summed E-state index contributed by atoms with van der Waals surface area (Å²) in [4.78, 5) is 14.4. The van der Waals surface area contributed by atoms with Crippen LogP contribution in [0.25, 0.3) is 0 Å². The van der Waals surface area contributed by atoms with Crippen molar-refractivity contribution in [2.75, 3.05) is 26.3 Å². The van der Waals surface area contributed by atoms with Crippen molar-refractivity contribution in [2.45, 2.75) is 44.9 Å². The van der Waals surface area contributed by atoms with E-state index in [0.717, 1.165) is 17.0 Å². The third-order valence-electron chi connectivity index (χ3n) is 5.24. The number of carbonyl (C=O) groups excluding carboxylic acids is 1. The van der Waals surface area contributed by atoms with Crippen LogP contribution in [0.1, 0.15) is 29.5 Å². The summed E-state index contributed by atoms with van der Waals surface area (Å²) in [5.41, 5.74) is 1.89. The Balaban J connectivity index is 1.31. The second-order valence-electron chi connectivity index (χ2n) is 6.98. The molecule has 0 saturated carbocycles. The number of amides is 1. The van der Waals surface area contributed by atoms with Gasteiger partial charge in [-0.2, -0.15) is 5.10 Å². The second-order valence-corrected chi connectivity index (χ2v) is 6.98. The quantitative estimate of drug-likeness (QED) is 0.817. The molecule has 2 atom stereocenters. The Bertz CT molecular complexity index is 722. The molecular weight excluding hydrogens is 336 g/mol. The first-order valence-corrected chi connectivity index (χ1v) is 9.03. The number of nitrogens with zero attached hydrogens (tertiary/aromatic N) is 4. The molecule has 0 bridgehead atoms. The Kier molecular flexibility index (Phi) is 4.78. The molecular formula is C18H24N4O4. The van der Waals surface area contributed by atoms with E-state index in [9.17, 15) is 4.79 Å². The second kappa shape index (κ2) is 7.20. The number of hydrogen-bond acceptors (Lipinski definition) is 6. The number of aromatic nitrogens is 3. The van der Waals surface area contributed by atoms with E-state index in [2.05, 4.69) is 10.3 Å². The van der Waals surface area contributed by atoms with Crippen LogP contribution in [-0.2, 0) is 20.7 Å². The molecule has 1 amide bonds. The number of fused-ring (bicyclic) bond motifs is 1. The topological polar surface area (TPSA) is 82.6 Å². The van der Waals surface area contributed by atoms with E-state index in [0.29, 0.717) is 39.1 Å². The smallest absolute Gasteiger partial charge is 0.223 e. The summed E-state index contributed by atoms with van der Waals surface area (Å²) in [5.74, 6) is 0.909. The highest BCUT2D eigenvalue weighted by atomic mass is 16.6. The number of hydrogen-bond donors (Lipinski definition) is 0. The van der Waals surface area contributed by atoms with Crippen LogP contribution in [0.5, 0.6) is 0 Å². The molecule has 2 aromatic heterocycles. The van der Waals surface area contributed by atoms with Crippen molar-refractivity contribution in [3.8, 4) is 0 Å². The van der Waals surface area contributed by atoms with Gasteiger partial charge >= 0.3 is 0 Å². The van der Waals surface area contributed by atoms with Crippen molar-refractivity contribution in [2.24, 2.45) is 0 Å². The Morgan fingerprint density at radius 2 is 1.96 bits per heavy atom. The van der Waals surface area contributed by atoms with Gasteiger partial charge in [-0.25, -0.2) is 0 Å². The number of ether oxygens (including phenoxy) is 2. The number of carbonyl (C=O) groups is 1. The maximum atomic E-state index is 12.6. The Labute approximate surface area is 152 Å². The summed E-state index contributed by atoms with van der Waals surface area (Å²) in [6.45, 7) is 6.04. The molecule has 0 spiro atoms. The van der Waals surface area contributed by atoms with Crippen molar-refractivity contribution in [3.63, 3.8) is 0 Å². The monoisotopic (exact) mass is 360 g/mol. The van der Waals surface area contributed by atoms with Gasteiger partial charge in [0, 0.05) is 37.5 Å². The van der Waals surface area contributed by atoms with Gasteiger partial charge in [0.05, 0.1) is 24.9 Å². The summed E-state index contributed by atoms with van der Waals surface area (Å²) in [7, 11) is 0. The molecule has 0 unspecified atom stereocenters. The van der Waals surface area contributed by atoms with E-state index >= 15 is 0 Å². The van der Waals surface area contributed by atoms with Crippen LogP contribution in [0.3, 0.4) is 0 Å². The lowest BCUT2D eigenvalue weighted by Gasteiger charge is -2.19. The van der Waals surface area contributed by atoms with Gasteiger partial charge in [-0.3, -0.25) is 9.48 Å². The van der Waals surface area contributed by atoms with Gasteiger partial charge in [0.2, 0.25) is 5.91 Å². The lowest BCUT2D eigenvalue weighted by atomic mass is 10.1. The van der Waals surface area contributed by atoms with E-state index in [1.54, 1.807) is 6.20 Å². The van der Waals surface area contributed by atoms with Crippen molar-refractivity contribution >= 4 is 5.91 Å². The van der Waals surface area contributed by atoms with Crippen molar-refractivity contribution < 1.29 is 18.8 Å². The molecule has 2 fully saturated rings. The first kappa shape index (κ1) is 17.2. The van der Waals surface area contributed by atoms with Gasteiger partial charge in [-0.1, -0.05) is 5.16 Å². The van der Waals surface area contributed by atoms with Gasteiger partial charge in [-0.05, 0) is 26.3 Å². The van der Waals surface area contributed by atoms with E-state index < -0.39 is 0 Å². The summed E-state index contributed by atoms with van der Waals surface area (Å²) < 4.78 is 19.1. The molecule has 0 radical (unpaired) electrons. The molecule has 2 aliphatic rings. The third kappa shape index (κ3) is 3.39. The fourth-order valence-electron chi connectivity index (χ4n) is 3.68. The SMILES string of the molecule is Cc1noc(C)c1CCC(=O)N1C[C@@H]2OCC(n3cccn3)CO[C@H]2C1. The highest BCUT2D eigenvalue weighted by molar-refractivity contribution is 5.77. The van der Waals surface area contributed by atoms with Crippen LogP contribution in [-0.4, -0.2) is 64.3 Å². The maximum absolute atomic E-state index is 12.6. The van der Waals surface area contributed by atoms with Crippen molar-refractivity contribution in [1.82, 2.24) is 19.8 Å². The van der Waals surface area contributed by atoms with Crippen molar-refractivity contribution in [1.29, 1.82) is 0 Å². The molecule has 2 saturated heterocycles. The predicted molar refractivity (Wildman–Crippen MR) is 91.6 cm³/mol. The molecule has 8 heteroatoms. The van der Waals surface area contributed by atoms with Crippen LogP contribution in [0.15, 0.2) is 23.0 Å². The van der Waals surface area contributed by atoms with Gasteiger partial charge in [0.15, 0.2) is 0 Å².